The fourth-order valence-corrected chi connectivity index (χ4v) is 11.9. The van der Waals surface area contributed by atoms with Crippen molar-refractivity contribution in [2.24, 2.45) is 0 Å². The molecule has 0 saturated carbocycles. The topological polar surface area (TPSA) is 40.6 Å². The van der Waals surface area contributed by atoms with E-state index in [4.69, 9.17) is 9.97 Å². The molecule has 0 aliphatic rings. The molecular formula is C70H45N5. The van der Waals surface area contributed by atoms with Gasteiger partial charge in [0.15, 0.2) is 5.82 Å². The zero-order chi connectivity index (χ0) is 49.4. The van der Waals surface area contributed by atoms with Gasteiger partial charge in [-0.1, -0.05) is 212 Å². The van der Waals surface area contributed by atoms with Crippen LogP contribution >= 0.6 is 0 Å². The third kappa shape index (κ3) is 6.72. The molecule has 5 nitrogen and oxygen atoms in total. The van der Waals surface area contributed by atoms with Crippen molar-refractivity contribution in [2.45, 2.75) is 0 Å². The summed E-state index contributed by atoms with van der Waals surface area (Å²) in [5, 5.41) is 7.21. The molecule has 0 amide bonds. The fourth-order valence-electron chi connectivity index (χ4n) is 11.9. The summed E-state index contributed by atoms with van der Waals surface area (Å²) in [6, 6.07) is 98.2. The van der Waals surface area contributed by atoms with Crippen LogP contribution in [0.15, 0.2) is 273 Å². The molecule has 5 heteroatoms. The molecule has 0 unspecified atom stereocenters. The molecule has 4 aromatic heterocycles. The summed E-state index contributed by atoms with van der Waals surface area (Å²) in [6.45, 7) is 0. The lowest BCUT2D eigenvalue weighted by Gasteiger charge is -2.21. The predicted molar refractivity (Wildman–Crippen MR) is 312 cm³/mol. The number of rotatable bonds is 8. The van der Waals surface area contributed by atoms with Crippen molar-refractivity contribution in [3.8, 4) is 73.2 Å². The standard InChI is InChI=1S/C70H45N5/c1-4-23-46(24-5-1)49-34-20-41-63(73-58-36-15-10-29-51(58)52-30-11-16-37-59(52)73)67(49)56-45-57(72-70(71-56)48-27-8-3-9-28-48)68-50(47-25-6-2-7-26-47)35-21-42-64(68)75-62-40-19-14-33-55(62)69-65(43-22-44-66(69)75)74-60-38-17-12-31-53(60)54-32-13-18-39-61(54)74/h1-45H. The molecule has 0 aliphatic carbocycles. The quantitative estimate of drug-likeness (QED) is 0.152. The molecule has 0 spiro atoms. The van der Waals surface area contributed by atoms with E-state index in [-0.39, 0.29) is 0 Å². The zero-order valence-electron chi connectivity index (χ0n) is 40.7. The molecule has 0 N–H and O–H groups in total. The minimum atomic E-state index is 0.642. The largest absolute Gasteiger partial charge is 0.309 e. The van der Waals surface area contributed by atoms with E-state index in [1.54, 1.807) is 0 Å². The maximum atomic E-state index is 5.70. The summed E-state index contributed by atoms with van der Waals surface area (Å²) in [4.78, 5) is 11.4. The SMILES string of the molecule is c1ccc(-c2nc(-c3c(-c4ccccc4)cccc3-n3c4ccccc4c4ccccc43)cc(-c3c(-c4ccccc4)cccc3-n3c4ccccc4c4c(-n5c6ccccc6c6ccccc65)cccc43)n2)cc1. The molecule has 0 atom stereocenters. The Bertz CT molecular complexity index is 4590. The van der Waals surface area contributed by atoms with Crippen LogP contribution in [-0.4, -0.2) is 23.7 Å². The van der Waals surface area contributed by atoms with Gasteiger partial charge in [-0.05, 0) is 82.9 Å². The molecule has 15 rings (SSSR count). The predicted octanol–water partition coefficient (Wildman–Crippen LogP) is 18.1. The van der Waals surface area contributed by atoms with Crippen LogP contribution in [0.25, 0.3) is 139 Å². The summed E-state index contributed by atoms with van der Waals surface area (Å²) in [7, 11) is 0. The van der Waals surface area contributed by atoms with E-state index >= 15 is 0 Å². The Balaban J connectivity index is 1.06. The second kappa shape index (κ2) is 17.3. The van der Waals surface area contributed by atoms with E-state index in [1.165, 1.54) is 43.4 Å². The lowest BCUT2D eigenvalue weighted by molar-refractivity contribution is 1.14. The number of benzene rings is 11. The van der Waals surface area contributed by atoms with Crippen molar-refractivity contribution in [3.05, 3.63) is 273 Å². The van der Waals surface area contributed by atoms with Crippen LogP contribution in [0.2, 0.25) is 0 Å². The average molecular weight is 956 g/mol. The molecule has 15 aromatic rings. The Morgan fingerprint density at radius 3 is 1.01 bits per heavy atom. The van der Waals surface area contributed by atoms with Crippen molar-refractivity contribution in [2.75, 3.05) is 0 Å². The van der Waals surface area contributed by atoms with E-state index in [0.29, 0.717) is 5.82 Å². The van der Waals surface area contributed by atoms with Crippen LogP contribution < -0.4 is 0 Å². The number of fused-ring (bicyclic) bond motifs is 9. The number of aromatic nitrogens is 5. The normalized spacial score (nSPS) is 11.7. The van der Waals surface area contributed by atoms with E-state index in [9.17, 15) is 0 Å². The molecule has 0 radical (unpaired) electrons. The van der Waals surface area contributed by atoms with Gasteiger partial charge in [0.1, 0.15) is 0 Å². The van der Waals surface area contributed by atoms with Gasteiger partial charge in [0, 0.05) is 49.0 Å². The molecular weight excluding hydrogens is 911 g/mol. The van der Waals surface area contributed by atoms with Crippen molar-refractivity contribution in [1.82, 2.24) is 23.7 Å². The van der Waals surface area contributed by atoms with Gasteiger partial charge < -0.3 is 13.7 Å². The first-order chi connectivity index (χ1) is 37.3. The third-order valence-electron chi connectivity index (χ3n) is 15.1. The van der Waals surface area contributed by atoms with Crippen LogP contribution in [-0.2, 0) is 0 Å². The molecule has 0 fully saturated rings. The average Bonchev–Trinajstić information content (AvgIpc) is 4.16. The highest BCUT2D eigenvalue weighted by Crippen LogP contribution is 2.46. The van der Waals surface area contributed by atoms with Crippen LogP contribution in [0.4, 0.5) is 0 Å². The molecule has 0 saturated heterocycles. The van der Waals surface area contributed by atoms with Gasteiger partial charge in [0.2, 0.25) is 0 Å². The van der Waals surface area contributed by atoms with Gasteiger partial charge in [0.05, 0.1) is 61.6 Å². The first kappa shape index (κ1) is 42.6. The van der Waals surface area contributed by atoms with Crippen LogP contribution in [0, 0.1) is 0 Å². The van der Waals surface area contributed by atoms with Gasteiger partial charge in [-0.15, -0.1) is 0 Å². The minimum absolute atomic E-state index is 0.642. The molecule has 75 heavy (non-hydrogen) atoms. The summed E-state index contributed by atoms with van der Waals surface area (Å²) < 4.78 is 7.34. The summed E-state index contributed by atoms with van der Waals surface area (Å²) >= 11 is 0. The van der Waals surface area contributed by atoms with Crippen LogP contribution in [0.3, 0.4) is 0 Å². The van der Waals surface area contributed by atoms with Crippen LogP contribution in [0.5, 0.6) is 0 Å². The monoisotopic (exact) mass is 955 g/mol. The van der Waals surface area contributed by atoms with Crippen molar-refractivity contribution < 1.29 is 0 Å². The zero-order valence-corrected chi connectivity index (χ0v) is 40.7. The first-order valence-electron chi connectivity index (χ1n) is 25.6. The minimum Gasteiger partial charge on any atom is -0.309 e. The van der Waals surface area contributed by atoms with Gasteiger partial charge in [-0.2, -0.15) is 0 Å². The lowest BCUT2D eigenvalue weighted by Crippen LogP contribution is -2.05. The second-order valence-corrected chi connectivity index (χ2v) is 19.2. The molecule has 0 aliphatic heterocycles. The van der Waals surface area contributed by atoms with Gasteiger partial charge >= 0.3 is 0 Å². The Labute approximate surface area is 433 Å². The number of nitrogens with zero attached hydrogens (tertiary/aromatic N) is 5. The number of hydrogen-bond acceptors (Lipinski definition) is 2. The Kier molecular flexibility index (Phi) is 9.82. The fraction of sp³-hybridized carbons (Fsp3) is 0. The van der Waals surface area contributed by atoms with E-state index < -0.39 is 0 Å². The van der Waals surface area contributed by atoms with Crippen molar-refractivity contribution in [1.29, 1.82) is 0 Å². The van der Waals surface area contributed by atoms with E-state index in [0.717, 1.165) is 89.5 Å². The number of hydrogen-bond donors (Lipinski definition) is 0. The Morgan fingerprint density at radius 1 is 0.240 bits per heavy atom. The smallest absolute Gasteiger partial charge is 0.160 e. The molecule has 0 bridgehead atoms. The van der Waals surface area contributed by atoms with Gasteiger partial charge in [-0.3, -0.25) is 0 Å². The summed E-state index contributed by atoms with van der Waals surface area (Å²) in [5.74, 6) is 0.642. The highest BCUT2D eigenvalue weighted by Gasteiger charge is 2.26. The highest BCUT2D eigenvalue weighted by atomic mass is 15.0. The molecule has 350 valence electrons. The third-order valence-corrected chi connectivity index (χ3v) is 15.1. The van der Waals surface area contributed by atoms with Gasteiger partial charge in [0.25, 0.3) is 0 Å². The van der Waals surface area contributed by atoms with Gasteiger partial charge in [-0.25, -0.2) is 9.97 Å². The van der Waals surface area contributed by atoms with Crippen LogP contribution in [0.1, 0.15) is 0 Å². The van der Waals surface area contributed by atoms with E-state index in [1.807, 2.05) is 0 Å². The maximum absolute atomic E-state index is 5.70. The summed E-state index contributed by atoms with van der Waals surface area (Å²) in [5.41, 5.74) is 18.9. The van der Waals surface area contributed by atoms with E-state index in [2.05, 4.69) is 287 Å². The first-order valence-corrected chi connectivity index (χ1v) is 25.6. The Morgan fingerprint density at radius 2 is 0.560 bits per heavy atom. The summed E-state index contributed by atoms with van der Waals surface area (Å²) in [6.07, 6.45) is 0. The highest BCUT2D eigenvalue weighted by molar-refractivity contribution is 6.17. The Hall–Kier alpha value is -10.1. The number of para-hydroxylation sites is 5. The lowest BCUT2D eigenvalue weighted by atomic mass is 9.92. The molecule has 4 heterocycles. The molecule has 11 aromatic carbocycles. The second-order valence-electron chi connectivity index (χ2n) is 19.2. The van der Waals surface area contributed by atoms with Crippen molar-refractivity contribution >= 4 is 65.4 Å². The maximum Gasteiger partial charge on any atom is 0.160 e. The van der Waals surface area contributed by atoms with Crippen molar-refractivity contribution in [3.63, 3.8) is 0 Å².